The van der Waals surface area contributed by atoms with Gasteiger partial charge in [-0.2, -0.15) is 13.2 Å². The molecule has 3 aromatic rings. The topological polar surface area (TPSA) is 51.5 Å². The Balaban J connectivity index is 2.43. The molecule has 1 heterocycles. The highest BCUT2D eigenvalue weighted by Gasteiger charge is 2.42. The average molecular weight is 375 g/mol. The fraction of sp³-hybridized carbons (Fsp3) is 0.150. The van der Waals surface area contributed by atoms with Crippen molar-refractivity contribution in [1.82, 2.24) is 4.57 Å². The number of methoxy groups -OCH3 is 1. The summed E-state index contributed by atoms with van der Waals surface area (Å²) in [6.07, 6.45) is -3.68. The van der Waals surface area contributed by atoms with Crippen LogP contribution in [0, 0.1) is 6.92 Å². The molecule has 27 heavy (non-hydrogen) atoms. The molecule has 140 valence electrons. The van der Waals surface area contributed by atoms with Crippen LogP contribution in [0.3, 0.4) is 0 Å². The molecule has 1 N–H and O–H groups in total. The normalized spacial score (nSPS) is 11.4. The van der Waals surface area contributed by atoms with E-state index in [1.54, 1.807) is 43.3 Å². The van der Waals surface area contributed by atoms with E-state index < -0.39 is 23.4 Å². The fourth-order valence-corrected chi connectivity index (χ4v) is 3.10. The monoisotopic (exact) mass is 375 g/mol. The number of halogens is 3. The molecule has 0 unspecified atom stereocenters. The molecule has 0 aliphatic rings. The largest absolute Gasteiger partial charge is 0.495 e. The number of rotatable bonds is 4. The molecular formula is C20H16F3NO3. The van der Waals surface area contributed by atoms with Crippen molar-refractivity contribution >= 4 is 5.97 Å². The van der Waals surface area contributed by atoms with Gasteiger partial charge in [0.25, 0.3) is 0 Å². The van der Waals surface area contributed by atoms with E-state index in [1.165, 1.54) is 25.4 Å². The van der Waals surface area contributed by atoms with E-state index in [4.69, 9.17) is 4.74 Å². The summed E-state index contributed by atoms with van der Waals surface area (Å²) in [4.78, 5) is 11.8. The molecule has 0 bridgehead atoms. The van der Waals surface area contributed by atoms with Gasteiger partial charge in [-0.15, -0.1) is 0 Å². The molecule has 2 aromatic carbocycles. The lowest BCUT2D eigenvalue weighted by atomic mass is 9.98. The van der Waals surface area contributed by atoms with Crippen LogP contribution in [0.25, 0.3) is 16.8 Å². The first kappa shape index (κ1) is 18.6. The van der Waals surface area contributed by atoms with E-state index in [0.717, 1.165) is 4.57 Å². The van der Waals surface area contributed by atoms with Crippen LogP contribution in [0.15, 0.2) is 54.7 Å². The summed E-state index contributed by atoms with van der Waals surface area (Å²) in [6.45, 7) is 1.72. The van der Waals surface area contributed by atoms with Crippen molar-refractivity contribution in [2.75, 3.05) is 7.11 Å². The number of hydrogen-bond donors (Lipinski definition) is 1. The van der Waals surface area contributed by atoms with Crippen LogP contribution in [-0.4, -0.2) is 22.8 Å². The molecule has 0 saturated carbocycles. The Morgan fingerprint density at radius 3 is 2.26 bits per heavy atom. The van der Waals surface area contributed by atoms with Crippen LogP contribution in [0.2, 0.25) is 0 Å². The van der Waals surface area contributed by atoms with Crippen LogP contribution in [0.1, 0.15) is 21.6 Å². The smallest absolute Gasteiger partial charge is 0.432 e. The molecule has 4 nitrogen and oxygen atoms in total. The van der Waals surface area contributed by atoms with E-state index in [0.29, 0.717) is 11.1 Å². The number of carbonyl (C=O) groups is 1. The first-order valence-electron chi connectivity index (χ1n) is 8.01. The predicted molar refractivity (Wildman–Crippen MR) is 94.5 cm³/mol. The molecule has 0 fully saturated rings. The van der Waals surface area contributed by atoms with Gasteiger partial charge in [-0.05, 0) is 30.2 Å². The summed E-state index contributed by atoms with van der Waals surface area (Å²) in [5.41, 5.74) is -0.839. The number of alkyl halides is 3. The van der Waals surface area contributed by atoms with Crippen molar-refractivity contribution in [1.29, 1.82) is 0 Å². The van der Waals surface area contributed by atoms with Gasteiger partial charge in [0.15, 0.2) is 0 Å². The maximum atomic E-state index is 13.9. The number of carboxylic acids is 1. The van der Waals surface area contributed by atoms with Crippen molar-refractivity contribution < 1.29 is 27.8 Å². The molecule has 0 aliphatic heterocycles. The second-order valence-electron chi connectivity index (χ2n) is 5.93. The molecule has 1 aromatic heterocycles. The van der Waals surface area contributed by atoms with E-state index in [-0.39, 0.29) is 17.0 Å². The average Bonchev–Trinajstić information content (AvgIpc) is 3.03. The standard InChI is InChI=1S/C20H16F3NO3/c1-12-7-3-4-8-13(12)14-11-24(15-9-5-6-10-16(15)27-2)18(20(21,22)23)17(14)19(25)26/h3-11H,1-2H3,(H,25,26). The van der Waals surface area contributed by atoms with E-state index >= 15 is 0 Å². The molecule has 3 rings (SSSR count). The fourth-order valence-electron chi connectivity index (χ4n) is 3.10. The van der Waals surface area contributed by atoms with Crippen LogP contribution < -0.4 is 4.74 Å². The van der Waals surface area contributed by atoms with Gasteiger partial charge < -0.3 is 14.4 Å². The Labute approximate surface area is 153 Å². The lowest BCUT2D eigenvalue weighted by Gasteiger charge is -2.15. The molecule has 0 amide bonds. The van der Waals surface area contributed by atoms with Gasteiger partial charge >= 0.3 is 12.1 Å². The third kappa shape index (κ3) is 3.28. The first-order valence-corrected chi connectivity index (χ1v) is 8.01. The molecule has 0 aliphatic carbocycles. The van der Waals surface area contributed by atoms with Crippen LogP contribution >= 0.6 is 0 Å². The van der Waals surface area contributed by atoms with Gasteiger partial charge in [0.2, 0.25) is 0 Å². The summed E-state index contributed by atoms with van der Waals surface area (Å²) in [5.74, 6) is -1.44. The summed E-state index contributed by atoms with van der Waals surface area (Å²) >= 11 is 0. The van der Waals surface area contributed by atoms with E-state index in [2.05, 4.69) is 0 Å². The number of benzene rings is 2. The third-order valence-electron chi connectivity index (χ3n) is 4.27. The van der Waals surface area contributed by atoms with Crippen LogP contribution in [0.5, 0.6) is 5.75 Å². The number of aromatic carboxylic acids is 1. The van der Waals surface area contributed by atoms with Crippen molar-refractivity contribution in [2.24, 2.45) is 0 Å². The minimum atomic E-state index is -4.88. The summed E-state index contributed by atoms with van der Waals surface area (Å²) < 4.78 is 47.7. The molecular weight excluding hydrogens is 359 g/mol. The molecule has 0 spiro atoms. The van der Waals surface area contributed by atoms with Crippen molar-refractivity contribution in [3.63, 3.8) is 0 Å². The highest BCUT2D eigenvalue weighted by molar-refractivity contribution is 5.98. The number of carboxylic acid groups (broad SMARTS) is 1. The summed E-state index contributed by atoms with van der Waals surface area (Å²) in [7, 11) is 1.34. The second kappa shape index (κ2) is 6.83. The SMILES string of the molecule is COc1ccccc1-n1cc(-c2ccccc2C)c(C(=O)O)c1C(F)(F)F. The molecule has 0 saturated heterocycles. The zero-order chi connectivity index (χ0) is 19.8. The third-order valence-corrected chi connectivity index (χ3v) is 4.27. The van der Waals surface area contributed by atoms with Crippen molar-refractivity contribution in [3.05, 3.63) is 71.5 Å². The van der Waals surface area contributed by atoms with Gasteiger partial charge in [-0.25, -0.2) is 4.79 Å². The molecule has 0 atom stereocenters. The van der Waals surface area contributed by atoms with Gasteiger partial charge in [-0.3, -0.25) is 0 Å². The number of ether oxygens (including phenoxy) is 1. The van der Waals surface area contributed by atoms with Crippen molar-refractivity contribution in [2.45, 2.75) is 13.1 Å². The highest BCUT2D eigenvalue weighted by Crippen LogP contribution is 2.42. The quantitative estimate of drug-likeness (QED) is 0.684. The maximum Gasteiger partial charge on any atom is 0.432 e. The molecule has 0 radical (unpaired) electrons. The Kier molecular flexibility index (Phi) is 4.70. The zero-order valence-electron chi connectivity index (χ0n) is 14.5. The van der Waals surface area contributed by atoms with E-state index in [1.807, 2.05) is 0 Å². The minimum absolute atomic E-state index is 0.00108. The Morgan fingerprint density at radius 2 is 1.67 bits per heavy atom. The lowest BCUT2D eigenvalue weighted by Crippen LogP contribution is -2.17. The minimum Gasteiger partial charge on any atom is -0.495 e. The zero-order valence-corrected chi connectivity index (χ0v) is 14.5. The summed E-state index contributed by atoms with van der Waals surface area (Å²) in [5, 5.41) is 9.60. The lowest BCUT2D eigenvalue weighted by molar-refractivity contribution is -0.142. The summed E-state index contributed by atoms with van der Waals surface area (Å²) in [6, 6.07) is 12.9. The van der Waals surface area contributed by atoms with Crippen LogP contribution in [0.4, 0.5) is 13.2 Å². The number of hydrogen-bond acceptors (Lipinski definition) is 2. The Hall–Kier alpha value is -3.22. The van der Waals surface area contributed by atoms with Gasteiger partial charge in [0.1, 0.15) is 11.4 Å². The molecule has 7 heteroatoms. The highest BCUT2D eigenvalue weighted by atomic mass is 19.4. The Morgan fingerprint density at radius 1 is 1.04 bits per heavy atom. The second-order valence-corrected chi connectivity index (χ2v) is 5.93. The van der Waals surface area contributed by atoms with Gasteiger partial charge in [-0.1, -0.05) is 36.4 Å². The number of aryl methyl sites for hydroxylation is 1. The van der Waals surface area contributed by atoms with Crippen molar-refractivity contribution in [3.8, 4) is 22.6 Å². The Bertz CT molecular complexity index is 1010. The number of aromatic nitrogens is 1. The number of nitrogens with zero attached hydrogens (tertiary/aromatic N) is 1. The van der Waals surface area contributed by atoms with Gasteiger partial charge in [0.05, 0.1) is 18.4 Å². The predicted octanol–water partition coefficient (Wildman–Crippen LogP) is 5.18. The maximum absolute atomic E-state index is 13.9. The number of para-hydroxylation sites is 2. The van der Waals surface area contributed by atoms with Crippen LogP contribution in [-0.2, 0) is 6.18 Å². The first-order chi connectivity index (χ1) is 12.8. The van der Waals surface area contributed by atoms with Gasteiger partial charge in [0, 0.05) is 11.8 Å². The van der Waals surface area contributed by atoms with E-state index in [9.17, 15) is 23.1 Å².